The van der Waals surface area contributed by atoms with Crippen LogP contribution in [-0.2, 0) is 11.3 Å². The molecule has 24 heavy (non-hydrogen) atoms. The summed E-state index contributed by atoms with van der Waals surface area (Å²) in [5.74, 6) is 0.802. The fourth-order valence-corrected chi connectivity index (χ4v) is 4.00. The summed E-state index contributed by atoms with van der Waals surface area (Å²) in [5.41, 5.74) is 1.10. The summed E-state index contributed by atoms with van der Waals surface area (Å²) in [6.07, 6.45) is 2.35. The van der Waals surface area contributed by atoms with Crippen molar-refractivity contribution in [3.63, 3.8) is 0 Å². The van der Waals surface area contributed by atoms with Crippen molar-refractivity contribution in [2.45, 2.75) is 33.2 Å². The maximum absolute atomic E-state index is 13.1. The molecule has 1 aromatic carbocycles. The number of benzene rings is 1. The summed E-state index contributed by atoms with van der Waals surface area (Å²) in [5, 5.41) is 3.45. The van der Waals surface area contributed by atoms with Gasteiger partial charge in [-0.15, -0.1) is 0 Å². The molecule has 0 spiro atoms. The van der Waals surface area contributed by atoms with E-state index >= 15 is 0 Å². The van der Waals surface area contributed by atoms with Gasteiger partial charge in [0.2, 0.25) is 5.91 Å². The van der Waals surface area contributed by atoms with Crippen LogP contribution < -0.4 is 5.32 Å². The third-order valence-electron chi connectivity index (χ3n) is 5.78. The lowest BCUT2D eigenvalue weighted by Crippen LogP contribution is -2.54. The number of piperazine rings is 1. The number of carbonyl (C=O) groups is 1. The molecule has 0 radical (unpaired) electrons. The van der Waals surface area contributed by atoms with Crippen molar-refractivity contribution < 1.29 is 4.79 Å². The van der Waals surface area contributed by atoms with E-state index in [1.165, 1.54) is 18.4 Å². The molecule has 132 valence electrons. The van der Waals surface area contributed by atoms with Crippen molar-refractivity contribution >= 4 is 5.91 Å². The van der Waals surface area contributed by atoms with Gasteiger partial charge in [-0.3, -0.25) is 9.69 Å². The summed E-state index contributed by atoms with van der Waals surface area (Å²) in [6, 6.07) is 10.6. The molecule has 2 heterocycles. The second-order valence-electron chi connectivity index (χ2n) is 7.82. The van der Waals surface area contributed by atoms with Crippen LogP contribution in [0.4, 0.5) is 0 Å². The predicted molar refractivity (Wildman–Crippen MR) is 97.7 cm³/mol. The van der Waals surface area contributed by atoms with Gasteiger partial charge in [0.25, 0.3) is 0 Å². The third kappa shape index (κ3) is 3.98. The summed E-state index contributed by atoms with van der Waals surface area (Å²) < 4.78 is 0. The average Bonchev–Trinajstić information content (AvgIpc) is 2.63. The number of amides is 1. The van der Waals surface area contributed by atoms with Gasteiger partial charge in [0.15, 0.2) is 0 Å². The molecule has 4 heteroatoms. The summed E-state index contributed by atoms with van der Waals surface area (Å²) in [6.45, 7) is 11.0. The van der Waals surface area contributed by atoms with Gasteiger partial charge in [0.05, 0.1) is 0 Å². The second-order valence-corrected chi connectivity index (χ2v) is 7.82. The van der Waals surface area contributed by atoms with E-state index in [0.29, 0.717) is 11.8 Å². The highest BCUT2D eigenvalue weighted by Gasteiger charge is 2.40. The fraction of sp³-hybridized carbons (Fsp3) is 0.650. The van der Waals surface area contributed by atoms with Crippen LogP contribution in [-0.4, -0.2) is 55.0 Å². The number of hydrogen-bond donors (Lipinski definition) is 1. The van der Waals surface area contributed by atoms with Crippen LogP contribution in [0.1, 0.15) is 32.3 Å². The van der Waals surface area contributed by atoms with E-state index in [1.807, 2.05) is 0 Å². The molecule has 1 aromatic rings. The standard InChI is InChI=1S/C20H31N3O/c1-20(2,18-9-6-10-21-15-18)19(24)23-13-11-22(12-14-23)16-17-7-4-3-5-8-17/h3-5,7-8,18,21H,6,9-16H2,1-2H3. The molecule has 2 saturated heterocycles. The molecule has 0 bridgehead atoms. The zero-order valence-corrected chi connectivity index (χ0v) is 15.1. The summed E-state index contributed by atoms with van der Waals surface area (Å²) in [4.78, 5) is 17.6. The van der Waals surface area contributed by atoms with Crippen molar-refractivity contribution in [3.8, 4) is 0 Å². The topological polar surface area (TPSA) is 35.6 Å². The van der Waals surface area contributed by atoms with Gasteiger partial charge in [-0.05, 0) is 37.4 Å². The highest BCUT2D eigenvalue weighted by Crippen LogP contribution is 2.34. The maximum Gasteiger partial charge on any atom is 0.228 e. The smallest absolute Gasteiger partial charge is 0.228 e. The Balaban J connectivity index is 1.53. The van der Waals surface area contributed by atoms with Crippen molar-refractivity contribution in [1.29, 1.82) is 0 Å². The molecule has 2 fully saturated rings. The van der Waals surface area contributed by atoms with Crippen LogP contribution in [0, 0.1) is 11.3 Å². The first-order chi connectivity index (χ1) is 11.6. The highest BCUT2D eigenvalue weighted by molar-refractivity contribution is 5.82. The quantitative estimate of drug-likeness (QED) is 0.921. The molecule has 0 aliphatic carbocycles. The Labute approximate surface area is 146 Å². The Kier molecular flexibility index (Phi) is 5.57. The van der Waals surface area contributed by atoms with E-state index in [9.17, 15) is 4.79 Å². The minimum absolute atomic E-state index is 0.255. The Bertz CT molecular complexity index is 529. The van der Waals surface area contributed by atoms with Crippen molar-refractivity contribution in [2.75, 3.05) is 39.3 Å². The van der Waals surface area contributed by atoms with E-state index in [4.69, 9.17) is 0 Å². The van der Waals surface area contributed by atoms with Crippen molar-refractivity contribution in [1.82, 2.24) is 15.1 Å². The highest BCUT2D eigenvalue weighted by atomic mass is 16.2. The minimum Gasteiger partial charge on any atom is -0.340 e. The molecular weight excluding hydrogens is 298 g/mol. The Morgan fingerprint density at radius 1 is 1.17 bits per heavy atom. The summed E-state index contributed by atoms with van der Waals surface area (Å²) >= 11 is 0. The van der Waals surface area contributed by atoms with Crippen LogP contribution in [0.3, 0.4) is 0 Å². The normalized spacial score (nSPS) is 23.2. The Morgan fingerprint density at radius 3 is 2.50 bits per heavy atom. The van der Waals surface area contributed by atoms with Gasteiger partial charge < -0.3 is 10.2 Å². The predicted octanol–water partition coefficient (Wildman–Crippen LogP) is 2.36. The number of hydrogen-bond acceptors (Lipinski definition) is 3. The van der Waals surface area contributed by atoms with Crippen LogP contribution in [0.5, 0.6) is 0 Å². The molecule has 1 atom stereocenters. The van der Waals surface area contributed by atoms with Gasteiger partial charge >= 0.3 is 0 Å². The number of nitrogens with one attached hydrogen (secondary N) is 1. The van der Waals surface area contributed by atoms with Gasteiger partial charge in [-0.2, -0.15) is 0 Å². The Morgan fingerprint density at radius 2 is 1.88 bits per heavy atom. The molecule has 2 aliphatic heterocycles. The van der Waals surface area contributed by atoms with Gasteiger partial charge in [-0.25, -0.2) is 0 Å². The average molecular weight is 329 g/mol. The maximum atomic E-state index is 13.1. The first-order valence-electron chi connectivity index (χ1n) is 9.34. The number of rotatable bonds is 4. The largest absolute Gasteiger partial charge is 0.340 e. The van der Waals surface area contributed by atoms with Gasteiger partial charge in [-0.1, -0.05) is 44.2 Å². The van der Waals surface area contributed by atoms with E-state index in [-0.39, 0.29) is 5.41 Å². The first-order valence-corrected chi connectivity index (χ1v) is 9.34. The van der Waals surface area contributed by atoms with Gasteiger partial charge in [0.1, 0.15) is 0 Å². The van der Waals surface area contributed by atoms with Crippen molar-refractivity contribution in [3.05, 3.63) is 35.9 Å². The zero-order valence-electron chi connectivity index (χ0n) is 15.1. The van der Waals surface area contributed by atoms with E-state index < -0.39 is 0 Å². The lowest BCUT2D eigenvalue weighted by atomic mass is 9.74. The molecular formula is C20H31N3O. The zero-order chi connectivity index (χ0) is 17.0. The van der Waals surface area contributed by atoms with Gasteiger partial charge in [0, 0.05) is 38.1 Å². The molecule has 3 rings (SSSR count). The van der Waals surface area contributed by atoms with E-state index in [0.717, 1.165) is 45.8 Å². The molecule has 2 aliphatic rings. The minimum atomic E-state index is -0.255. The second kappa shape index (κ2) is 7.66. The molecule has 1 N–H and O–H groups in total. The monoisotopic (exact) mass is 329 g/mol. The number of nitrogens with zero attached hydrogens (tertiary/aromatic N) is 2. The molecule has 4 nitrogen and oxygen atoms in total. The number of carbonyl (C=O) groups excluding carboxylic acids is 1. The van der Waals surface area contributed by atoms with Crippen LogP contribution in [0.2, 0.25) is 0 Å². The molecule has 1 unspecified atom stereocenters. The number of piperidine rings is 1. The molecule has 0 aromatic heterocycles. The Hall–Kier alpha value is -1.39. The lowest BCUT2D eigenvalue weighted by molar-refractivity contribution is -0.145. The lowest BCUT2D eigenvalue weighted by Gasteiger charge is -2.42. The van der Waals surface area contributed by atoms with Crippen LogP contribution in [0.15, 0.2) is 30.3 Å². The van der Waals surface area contributed by atoms with E-state index in [2.05, 4.69) is 59.3 Å². The molecule has 0 saturated carbocycles. The first kappa shape index (κ1) is 17.4. The van der Waals surface area contributed by atoms with E-state index in [1.54, 1.807) is 0 Å². The SMILES string of the molecule is CC(C)(C(=O)N1CCN(Cc2ccccc2)CC1)C1CCCNC1. The summed E-state index contributed by atoms with van der Waals surface area (Å²) in [7, 11) is 0. The van der Waals surface area contributed by atoms with Crippen molar-refractivity contribution in [2.24, 2.45) is 11.3 Å². The van der Waals surface area contributed by atoms with Crippen LogP contribution >= 0.6 is 0 Å². The molecule has 1 amide bonds. The fourth-order valence-electron chi connectivity index (χ4n) is 4.00. The van der Waals surface area contributed by atoms with Crippen LogP contribution in [0.25, 0.3) is 0 Å². The third-order valence-corrected chi connectivity index (χ3v) is 5.78.